The lowest BCUT2D eigenvalue weighted by Crippen LogP contribution is -2.29. The Morgan fingerprint density at radius 2 is 2.04 bits per heavy atom. The lowest BCUT2D eigenvalue weighted by atomic mass is 10.0. The van der Waals surface area contributed by atoms with E-state index in [0.29, 0.717) is 0 Å². The molecule has 0 spiro atoms. The summed E-state index contributed by atoms with van der Waals surface area (Å²) in [6, 6.07) is 17.2. The van der Waals surface area contributed by atoms with Crippen LogP contribution in [0.3, 0.4) is 0 Å². The van der Waals surface area contributed by atoms with Gasteiger partial charge in [-0.05, 0) is 52.2 Å². The fraction of sp³-hybridized carbons (Fsp3) is 0.190. The van der Waals surface area contributed by atoms with Gasteiger partial charge in [0, 0.05) is 0 Å². The molecular weight excluding hydrogens is 390 g/mol. The van der Waals surface area contributed by atoms with Gasteiger partial charge >= 0.3 is 0 Å². The van der Waals surface area contributed by atoms with Gasteiger partial charge in [0.15, 0.2) is 0 Å². The Morgan fingerprint density at radius 3 is 2.69 bits per heavy atom. The topological polar surface area (TPSA) is 65.8 Å². The van der Waals surface area contributed by atoms with E-state index in [1.54, 1.807) is 12.2 Å². The molecule has 4 nitrogen and oxygen atoms in total. The second kappa shape index (κ2) is 10.3. The van der Waals surface area contributed by atoms with Gasteiger partial charge in [-0.1, -0.05) is 55.8 Å². The summed E-state index contributed by atoms with van der Waals surface area (Å²) in [5, 5.41) is 12.3. The normalized spacial score (nSPS) is 12.6. The highest BCUT2D eigenvalue weighted by molar-refractivity contribution is 9.10. The van der Waals surface area contributed by atoms with E-state index >= 15 is 0 Å². The van der Waals surface area contributed by atoms with Crippen molar-refractivity contribution < 1.29 is 4.79 Å². The molecule has 1 heterocycles. The van der Waals surface area contributed by atoms with E-state index in [9.17, 15) is 10.1 Å². The number of allylic oxidation sites excluding steroid dienone is 2. The first-order valence-electron chi connectivity index (χ1n) is 8.41. The molecule has 5 heteroatoms. The van der Waals surface area contributed by atoms with Crippen molar-refractivity contribution in [2.24, 2.45) is 0 Å². The first-order chi connectivity index (χ1) is 12.6. The van der Waals surface area contributed by atoms with Crippen molar-refractivity contribution in [3.63, 3.8) is 0 Å². The van der Waals surface area contributed by atoms with Crippen LogP contribution in [0.4, 0.5) is 0 Å². The van der Waals surface area contributed by atoms with Crippen LogP contribution < -0.4 is 5.32 Å². The minimum atomic E-state index is -0.373. The molecule has 2 rings (SSSR count). The number of hydrogen-bond acceptors (Lipinski definition) is 3. The number of aromatic nitrogens is 1. The van der Waals surface area contributed by atoms with E-state index in [2.05, 4.69) is 33.2 Å². The molecule has 1 N–H and O–H groups in total. The molecular formula is C21H20BrN3O. The average molecular weight is 410 g/mol. The van der Waals surface area contributed by atoms with Crippen LogP contribution in [0.1, 0.15) is 37.1 Å². The van der Waals surface area contributed by atoms with Gasteiger partial charge in [-0.25, -0.2) is 4.98 Å². The molecule has 0 bridgehead atoms. The molecule has 1 aromatic heterocycles. The van der Waals surface area contributed by atoms with Gasteiger partial charge in [0.05, 0.1) is 11.7 Å². The Morgan fingerprint density at radius 1 is 1.27 bits per heavy atom. The molecule has 0 saturated heterocycles. The van der Waals surface area contributed by atoms with E-state index in [4.69, 9.17) is 0 Å². The van der Waals surface area contributed by atoms with Crippen molar-refractivity contribution >= 4 is 27.9 Å². The van der Waals surface area contributed by atoms with Crippen molar-refractivity contribution in [1.82, 2.24) is 10.3 Å². The SMILES string of the molecule is CCCC(NC(=O)C(C#N)=CC=Cc1cccc(Br)n1)c1ccccc1. The predicted molar refractivity (Wildman–Crippen MR) is 107 cm³/mol. The Labute approximate surface area is 162 Å². The summed E-state index contributed by atoms with van der Waals surface area (Å²) in [5.41, 5.74) is 1.84. The van der Waals surface area contributed by atoms with Gasteiger partial charge in [0.1, 0.15) is 16.2 Å². The summed E-state index contributed by atoms with van der Waals surface area (Å²) in [5.74, 6) is -0.373. The van der Waals surface area contributed by atoms with Gasteiger partial charge in [0.2, 0.25) is 0 Å². The zero-order valence-electron chi connectivity index (χ0n) is 14.5. The maximum atomic E-state index is 12.5. The molecule has 0 fully saturated rings. The van der Waals surface area contributed by atoms with Gasteiger partial charge < -0.3 is 5.32 Å². The van der Waals surface area contributed by atoms with Gasteiger partial charge in [-0.2, -0.15) is 5.26 Å². The third-order valence-corrected chi connectivity index (χ3v) is 4.16. The van der Waals surface area contributed by atoms with Crippen molar-refractivity contribution in [2.45, 2.75) is 25.8 Å². The quantitative estimate of drug-likeness (QED) is 0.304. The minimum absolute atomic E-state index is 0.0632. The number of carbonyl (C=O) groups excluding carboxylic acids is 1. The van der Waals surface area contributed by atoms with Crippen LogP contribution in [0.25, 0.3) is 6.08 Å². The zero-order chi connectivity index (χ0) is 18.8. The predicted octanol–water partition coefficient (Wildman–Crippen LogP) is 4.96. The molecule has 0 aliphatic heterocycles. The Balaban J connectivity index is 2.10. The maximum absolute atomic E-state index is 12.5. The number of benzene rings is 1. The van der Waals surface area contributed by atoms with E-state index in [1.807, 2.05) is 54.6 Å². The summed E-state index contributed by atoms with van der Waals surface area (Å²) in [6.07, 6.45) is 6.65. The number of nitrogens with zero attached hydrogens (tertiary/aromatic N) is 2. The molecule has 1 amide bonds. The lowest BCUT2D eigenvalue weighted by molar-refractivity contribution is -0.117. The highest BCUT2D eigenvalue weighted by Crippen LogP contribution is 2.18. The molecule has 0 saturated carbocycles. The fourth-order valence-electron chi connectivity index (χ4n) is 2.46. The van der Waals surface area contributed by atoms with Gasteiger partial charge in [-0.15, -0.1) is 0 Å². The average Bonchev–Trinajstić information content (AvgIpc) is 2.65. The largest absolute Gasteiger partial charge is 0.345 e. The van der Waals surface area contributed by atoms with Crippen LogP contribution in [0.5, 0.6) is 0 Å². The summed E-state index contributed by atoms with van der Waals surface area (Å²) in [4.78, 5) is 16.7. The first kappa shape index (κ1) is 19.6. The summed E-state index contributed by atoms with van der Waals surface area (Å²) >= 11 is 3.31. The van der Waals surface area contributed by atoms with Crippen molar-refractivity contribution in [1.29, 1.82) is 5.26 Å². The maximum Gasteiger partial charge on any atom is 0.262 e. The van der Waals surface area contributed by atoms with Crippen molar-refractivity contribution in [3.05, 3.63) is 82.1 Å². The van der Waals surface area contributed by atoms with Crippen molar-refractivity contribution in [3.8, 4) is 6.07 Å². The number of nitriles is 1. The number of carbonyl (C=O) groups is 1. The second-order valence-corrected chi connectivity index (χ2v) is 6.47. The summed E-state index contributed by atoms with van der Waals surface area (Å²) < 4.78 is 0.729. The van der Waals surface area contributed by atoms with E-state index in [1.165, 1.54) is 6.08 Å². The lowest BCUT2D eigenvalue weighted by Gasteiger charge is -2.18. The first-order valence-corrected chi connectivity index (χ1v) is 9.20. The molecule has 0 radical (unpaired) electrons. The molecule has 2 aromatic rings. The van der Waals surface area contributed by atoms with Crippen LogP contribution in [-0.4, -0.2) is 10.9 Å². The van der Waals surface area contributed by atoms with Crippen LogP contribution in [0.15, 0.2) is 70.9 Å². The number of pyridine rings is 1. The highest BCUT2D eigenvalue weighted by atomic mass is 79.9. The molecule has 26 heavy (non-hydrogen) atoms. The minimum Gasteiger partial charge on any atom is -0.345 e. The molecule has 1 atom stereocenters. The Hall–Kier alpha value is -2.71. The molecule has 0 aliphatic rings. The van der Waals surface area contributed by atoms with E-state index < -0.39 is 0 Å². The Bertz CT molecular complexity index is 838. The second-order valence-electron chi connectivity index (χ2n) is 5.66. The highest BCUT2D eigenvalue weighted by Gasteiger charge is 2.16. The zero-order valence-corrected chi connectivity index (χ0v) is 16.1. The molecule has 1 unspecified atom stereocenters. The van der Waals surface area contributed by atoms with Crippen LogP contribution in [0, 0.1) is 11.3 Å². The smallest absolute Gasteiger partial charge is 0.262 e. The van der Waals surface area contributed by atoms with Crippen LogP contribution in [0.2, 0.25) is 0 Å². The van der Waals surface area contributed by atoms with Gasteiger partial charge in [0.25, 0.3) is 5.91 Å². The molecule has 132 valence electrons. The van der Waals surface area contributed by atoms with Crippen LogP contribution in [-0.2, 0) is 4.79 Å². The standard InChI is InChI=1S/C21H20BrN3O/c1-2-8-19(16-9-4-3-5-10-16)25-21(26)17(15-23)11-6-12-18-13-7-14-20(22)24-18/h3-7,9-14,19H,2,8H2,1H3,(H,25,26). The molecule has 0 aliphatic carbocycles. The number of hydrogen-bond donors (Lipinski definition) is 1. The Kier molecular flexibility index (Phi) is 7.78. The van der Waals surface area contributed by atoms with Crippen LogP contribution >= 0.6 is 15.9 Å². The monoisotopic (exact) mass is 409 g/mol. The fourth-order valence-corrected chi connectivity index (χ4v) is 2.81. The number of nitrogens with one attached hydrogen (secondary N) is 1. The third-order valence-electron chi connectivity index (χ3n) is 3.72. The van der Waals surface area contributed by atoms with E-state index in [0.717, 1.165) is 28.7 Å². The number of halogens is 1. The third kappa shape index (κ3) is 5.98. The summed E-state index contributed by atoms with van der Waals surface area (Å²) in [6.45, 7) is 2.07. The van der Waals surface area contributed by atoms with Crippen molar-refractivity contribution in [2.75, 3.05) is 0 Å². The summed E-state index contributed by atoms with van der Waals surface area (Å²) in [7, 11) is 0. The number of amides is 1. The van der Waals surface area contributed by atoms with Gasteiger partial charge in [-0.3, -0.25) is 4.79 Å². The number of rotatable bonds is 7. The van der Waals surface area contributed by atoms with E-state index in [-0.39, 0.29) is 17.5 Å². The molecule has 1 aromatic carbocycles.